The van der Waals surface area contributed by atoms with E-state index in [0.717, 1.165) is 22.4 Å². The minimum absolute atomic E-state index is 0.0268. The van der Waals surface area contributed by atoms with Crippen LogP contribution in [0.15, 0.2) is 53.6 Å². The molecule has 0 saturated heterocycles. The summed E-state index contributed by atoms with van der Waals surface area (Å²) in [6, 6.07) is 3.00. The smallest absolute Gasteiger partial charge is 0.240 e. The second kappa shape index (κ2) is 18.0. The molecule has 36 heavy (non-hydrogen) atoms. The molecule has 0 bridgehead atoms. The fraction of sp³-hybridized carbons (Fsp3) is 0.423. The summed E-state index contributed by atoms with van der Waals surface area (Å²) in [6.07, 6.45) is 9.01. The summed E-state index contributed by atoms with van der Waals surface area (Å²) in [5, 5.41) is 4.72. The lowest BCUT2D eigenvalue weighted by molar-refractivity contribution is -0.127. The number of aliphatic imine (C=N–C) groups is 1. The maximum Gasteiger partial charge on any atom is 0.240 e. The lowest BCUT2D eigenvalue weighted by atomic mass is 9.95. The number of nitrogens with two attached hydrogens (primary N) is 3. The second-order valence-corrected chi connectivity index (χ2v) is 8.97. The molecule has 0 aliphatic carbocycles. The van der Waals surface area contributed by atoms with E-state index in [2.05, 4.69) is 16.9 Å². The molecule has 2 amide bonds. The first-order chi connectivity index (χ1) is 17.2. The quantitative estimate of drug-likeness (QED) is 0.0767. The molecule has 0 radical (unpaired) electrons. The monoisotopic (exact) mass is 517 g/mol. The van der Waals surface area contributed by atoms with Crippen LogP contribution in [0.1, 0.15) is 36.0 Å². The molecule has 0 unspecified atom stereocenters. The van der Waals surface area contributed by atoms with Gasteiger partial charge in [-0.05, 0) is 73.1 Å². The molecule has 198 valence electrons. The van der Waals surface area contributed by atoms with E-state index >= 15 is 0 Å². The van der Waals surface area contributed by atoms with Crippen LogP contribution in [-0.4, -0.2) is 49.3 Å². The van der Waals surface area contributed by atoms with E-state index in [9.17, 15) is 9.59 Å². The van der Waals surface area contributed by atoms with Crippen molar-refractivity contribution >= 4 is 29.5 Å². The Morgan fingerprint density at radius 3 is 2.50 bits per heavy atom. The first-order valence-electron chi connectivity index (χ1n) is 11.8. The fourth-order valence-corrected chi connectivity index (χ4v) is 3.71. The molecule has 1 rings (SSSR count). The minimum Gasteiger partial charge on any atom is -0.497 e. The SMILES string of the molecule is C=CCS/C=C/CO/C=C/COc1cc(C)c(C[C@H](NC(=O)CCCCN=C(N)N)C(N)=O)c(C)c1. The van der Waals surface area contributed by atoms with Crippen LogP contribution < -0.4 is 27.3 Å². The Hall–Kier alpha value is -3.40. The zero-order valence-electron chi connectivity index (χ0n) is 21.2. The van der Waals surface area contributed by atoms with Gasteiger partial charge in [0.25, 0.3) is 0 Å². The van der Waals surface area contributed by atoms with E-state index in [-0.39, 0.29) is 18.3 Å². The van der Waals surface area contributed by atoms with Crippen molar-refractivity contribution in [3.05, 3.63) is 65.3 Å². The molecule has 0 fully saturated rings. The molecule has 1 aromatic rings. The average molecular weight is 518 g/mol. The normalized spacial score (nSPS) is 11.8. The summed E-state index contributed by atoms with van der Waals surface area (Å²) >= 11 is 1.65. The maximum absolute atomic E-state index is 12.3. The number of hydrogen-bond acceptors (Lipinski definition) is 6. The summed E-state index contributed by atoms with van der Waals surface area (Å²) in [5.74, 6) is 0.790. The van der Waals surface area contributed by atoms with E-state index in [1.807, 2.05) is 43.5 Å². The van der Waals surface area contributed by atoms with E-state index in [0.29, 0.717) is 44.8 Å². The van der Waals surface area contributed by atoms with Crippen molar-refractivity contribution in [2.75, 3.05) is 25.5 Å². The van der Waals surface area contributed by atoms with Crippen molar-refractivity contribution in [1.82, 2.24) is 5.32 Å². The Labute approximate surface area is 218 Å². The van der Waals surface area contributed by atoms with Crippen molar-refractivity contribution in [3.8, 4) is 5.75 Å². The lowest BCUT2D eigenvalue weighted by Crippen LogP contribution is -2.46. The number of hydrogen-bond donors (Lipinski definition) is 4. The van der Waals surface area contributed by atoms with Crippen LogP contribution in [0, 0.1) is 13.8 Å². The standard InChI is InChI=1S/C26H39N5O4S/c1-4-14-36-15-8-12-34-11-7-13-35-21-16-19(2)22(20(3)17-21)18-23(25(27)33)31-24(32)9-5-6-10-30-26(28)29/h4,7-8,11,15-17,23H,1,5-6,9-10,12-14,18H2,2-3H3,(H2,27,33)(H,31,32)(H4,28,29,30)/b11-7+,15-8+/t23-/m0/s1. The van der Waals surface area contributed by atoms with Gasteiger partial charge < -0.3 is 32.0 Å². The van der Waals surface area contributed by atoms with Gasteiger partial charge >= 0.3 is 0 Å². The Balaban J connectivity index is 2.56. The number of carbonyl (C=O) groups excluding carboxylic acids is 2. The first-order valence-corrected chi connectivity index (χ1v) is 12.8. The van der Waals surface area contributed by atoms with Crippen LogP contribution in [0.4, 0.5) is 0 Å². The number of ether oxygens (including phenoxy) is 2. The van der Waals surface area contributed by atoms with Crippen LogP contribution in [0.2, 0.25) is 0 Å². The molecule has 7 N–H and O–H groups in total. The van der Waals surface area contributed by atoms with Gasteiger partial charge in [-0.1, -0.05) is 6.08 Å². The van der Waals surface area contributed by atoms with Gasteiger partial charge in [-0.15, -0.1) is 18.3 Å². The largest absolute Gasteiger partial charge is 0.497 e. The van der Waals surface area contributed by atoms with Gasteiger partial charge in [-0.2, -0.15) is 0 Å². The maximum atomic E-state index is 12.3. The van der Waals surface area contributed by atoms with Gasteiger partial charge in [0.2, 0.25) is 11.8 Å². The van der Waals surface area contributed by atoms with Crippen molar-refractivity contribution in [2.45, 2.75) is 45.6 Å². The number of carbonyl (C=O) groups is 2. The number of guanidine groups is 1. The molecule has 0 saturated carbocycles. The molecule has 0 aliphatic heterocycles. The average Bonchev–Trinajstić information content (AvgIpc) is 2.81. The molecule has 1 aromatic carbocycles. The van der Waals surface area contributed by atoms with Gasteiger partial charge in [0.05, 0.1) is 6.26 Å². The third-order valence-electron chi connectivity index (χ3n) is 5.00. The predicted octanol–water partition coefficient (Wildman–Crippen LogP) is 2.60. The summed E-state index contributed by atoms with van der Waals surface area (Å²) in [6.45, 7) is 8.84. The number of nitrogens with one attached hydrogen (secondary N) is 1. The number of thioether (sulfide) groups is 1. The van der Waals surface area contributed by atoms with Crippen LogP contribution in [-0.2, 0) is 20.7 Å². The van der Waals surface area contributed by atoms with Crippen LogP contribution in [0.5, 0.6) is 5.75 Å². The van der Waals surface area contributed by atoms with E-state index < -0.39 is 11.9 Å². The van der Waals surface area contributed by atoms with Crippen molar-refractivity contribution in [2.24, 2.45) is 22.2 Å². The molecular weight excluding hydrogens is 478 g/mol. The summed E-state index contributed by atoms with van der Waals surface area (Å²) in [4.78, 5) is 28.2. The van der Waals surface area contributed by atoms with Crippen LogP contribution in [0.25, 0.3) is 0 Å². The molecule has 0 spiro atoms. The molecule has 0 heterocycles. The van der Waals surface area contributed by atoms with E-state index in [1.54, 1.807) is 24.1 Å². The number of amides is 2. The Bertz CT molecular complexity index is 919. The van der Waals surface area contributed by atoms with Crippen molar-refractivity contribution < 1.29 is 19.1 Å². The van der Waals surface area contributed by atoms with Gasteiger partial charge in [0, 0.05) is 25.1 Å². The molecule has 0 aromatic heterocycles. The van der Waals surface area contributed by atoms with Gasteiger partial charge in [0.1, 0.15) is 25.0 Å². The van der Waals surface area contributed by atoms with Crippen LogP contribution >= 0.6 is 11.8 Å². The Morgan fingerprint density at radius 2 is 1.86 bits per heavy atom. The molecular formula is C26H39N5O4S. The second-order valence-electron chi connectivity index (χ2n) is 8.04. The van der Waals surface area contributed by atoms with E-state index in [1.165, 1.54) is 0 Å². The predicted molar refractivity (Wildman–Crippen MR) is 148 cm³/mol. The zero-order valence-corrected chi connectivity index (χ0v) is 22.0. The van der Waals surface area contributed by atoms with Crippen LogP contribution in [0.3, 0.4) is 0 Å². The van der Waals surface area contributed by atoms with Gasteiger partial charge in [-0.3, -0.25) is 14.6 Å². The first kappa shape index (κ1) is 30.6. The van der Waals surface area contributed by atoms with Crippen molar-refractivity contribution in [1.29, 1.82) is 0 Å². The highest BCUT2D eigenvalue weighted by Gasteiger charge is 2.20. The lowest BCUT2D eigenvalue weighted by Gasteiger charge is -2.19. The summed E-state index contributed by atoms with van der Waals surface area (Å²) < 4.78 is 11.2. The molecule has 1 atom stereocenters. The Morgan fingerprint density at radius 1 is 1.14 bits per heavy atom. The molecule has 10 heteroatoms. The third kappa shape index (κ3) is 13.5. The number of nitrogens with zero attached hydrogens (tertiary/aromatic N) is 1. The van der Waals surface area contributed by atoms with Gasteiger partial charge in [-0.25, -0.2) is 0 Å². The summed E-state index contributed by atoms with van der Waals surface area (Å²) in [5.41, 5.74) is 19.0. The number of aryl methyl sites for hydroxylation is 2. The minimum atomic E-state index is -0.802. The number of unbranched alkanes of at least 4 members (excludes halogenated alkanes) is 1. The highest BCUT2D eigenvalue weighted by molar-refractivity contribution is 8.02. The zero-order chi connectivity index (χ0) is 26.8. The topological polar surface area (TPSA) is 155 Å². The van der Waals surface area contributed by atoms with E-state index in [4.69, 9.17) is 26.7 Å². The number of benzene rings is 1. The summed E-state index contributed by atoms with van der Waals surface area (Å²) in [7, 11) is 0. The number of primary amides is 1. The molecule has 9 nitrogen and oxygen atoms in total. The highest BCUT2D eigenvalue weighted by Crippen LogP contribution is 2.23. The fourth-order valence-electron chi connectivity index (χ4n) is 3.25. The van der Waals surface area contributed by atoms with Gasteiger partial charge in [0.15, 0.2) is 5.96 Å². The Kier molecular flexibility index (Phi) is 15.3. The third-order valence-corrected chi connectivity index (χ3v) is 5.81. The van der Waals surface area contributed by atoms with Crippen molar-refractivity contribution in [3.63, 3.8) is 0 Å². The number of rotatable bonds is 18. The molecule has 0 aliphatic rings. The highest BCUT2D eigenvalue weighted by atomic mass is 32.2.